The third-order valence-electron chi connectivity index (χ3n) is 6.87. The number of benzene rings is 2. The highest BCUT2D eigenvalue weighted by Crippen LogP contribution is 2.29. The Morgan fingerprint density at radius 3 is 2.28 bits per heavy atom. The highest BCUT2D eigenvalue weighted by Gasteiger charge is 2.20. The van der Waals surface area contributed by atoms with Gasteiger partial charge in [0.05, 0.1) is 12.8 Å². The van der Waals surface area contributed by atoms with Crippen LogP contribution in [0.3, 0.4) is 0 Å². The van der Waals surface area contributed by atoms with E-state index in [9.17, 15) is 0 Å². The van der Waals surface area contributed by atoms with Crippen molar-refractivity contribution in [2.24, 2.45) is 5.10 Å². The first-order valence-corrected chi connectivity index (χ1v) is 14.0. The molecule has 0 unspecified atom stereocenters. The molecule has 3 heterocycles. The van der Waals surface area contributed by atoms with Gasteiger partial charge in [-0.1, -0.05) is 18.2 Å². The lowest BCUT2D eigenvalue weighted by Gasteiger charge is -2.21. The van der Waals surface area contributed by atoms with Crippen LogP contribution in [-0.2, 0) is 0 Å². The number of hydrogen-bond acceptors (Lipinski definition) is 9. The molecule has 2 aliphatic heterocycles. The highest BCUT2D eigenvalue weighted by atomic mass is 16.5. The van der Waals surface area contributed by atoms with Crippen molar-refractivity contribution in [1.82, 2.24) is 9.97 Å². The molecule has 3 aromatic rings. The largest absolute Gasteiger partial charge is 0.490 e. The number of para-hydroxylation sites is 1. The van der Waals surface area contributed by atoms with E-state index in [0.29, 0.717) is 37.1 Å². The Bertz CT molecular complexity index is 1220. The van der Waals surface area contributed by atoms with Gasteiger partial charge in [-0.15, -0.1) is 0 Å². The zero-order valence-electron chi connectivity index (χ0n) is 22.9. The van der Waals surface area contributed by atoms with Crippen LogP contribution >= 0.6 is 0 Å². The number of aryl methyl sites for hydroxylation is 1. The minimum Gasteiger partial charge on any atom is -0.490 e. The summed E-state index contributed by atoms with van der Waals surface area (Å²) in [6.45, 7) is 9.45. The lowest BCUT2D eigenvalue weighted by molar-refractivity contribution is 0.207. The number of ether oxygens (including phenoxy) is 3. The summed E-state index contributed by atoms with van der Waals surface area (Å²) < 4.78 is 17.7. The Morgan fingerprint density at radius 2 is 1.54 bits per heavy atom. The van der Waals surface area contributed by atoms with Crippen LogP contribution in [0.2, 0.25) is 0 Å². The summed E-state index contributed by atoms with van der Waals surface area (Å²) in [7, 11) is 0. The number of hydrogen-bond donors (Lipinski definition) is 1. The van der Waals surface area contributed by atoms with Gasteiger partial charge in [0.2, 0.25) is 5.95 Å². The molecule has 9 heteroatoms. The van der Waals surface area contributed by atoms with Gasteiger partial charge in [-0.05, 0) is 74.9 Å². The number of rotatable bonds is 12. The Morgan fingerprint density at radius 1 is 0.821 bits per heavy atom. The predicted molar refractivity (Wildman–Crippen MR) is 156 cm³/mol. The molecule has 0 atom stereocenters. The first kappa shape index (κ1) is 26.6. The molecule has 2 aliphatic rings. The van der Waals surface area contributed by atoms with Gasteiger partial charge in [-0.2, -0.15) is 15.1 Å². The topological polar surface area (TPSA) is 84.3 Å². The van der Waals surface area contributed by atoms with E-state index in [0.717, 1.165) is 54.8 Å². The van der Waals surface area contributed by atoms with Gasteiger partial charge in [-0.25, -0.2) is 0 Å². The number of nitrogens with one attached hydrogen (secondary N) is 1. The molecule has 39 heavy (non-hydrogen) atoms. The summed E-state index contributed by atoms with van der Waals surface area (Å²) in [5, 5.41) is 4.48. The summed E-state index contributed by atoms with van der Waals surface area (Å²) in [5.41, 5.74) is 5.12. The molecule has 2 fully saturated rings. The van der Waals surface area contributed by atoms with Crippen LogP contribution in [0.1, 0.15) is 43.7 Å². The SMILES string of the molecule is CCOc1cc(/C=N\Nc2cc(N3CCCC3)nc(N3CCCC3)n2)ccc1OCCOc1ccccc1C. The van der Waals surface area contributed by atoms with Gasteiger partial charge in [0.25, 0.3) is 0 Å². The maximum absolute atomic E-state index is 5.97. The molecule has 2 saturated heterocycles. The van der Waals surface area contributed by atoms with Crippen LogP contribution in [-0.4, -0.2) is 62.2 Å². The molecule has 0 aliphatic carbocycles. The van der Waals surface area contributed by atoms with Gasteiger partial charge in [0, 0.05) is 32.2 Å². The molecule has 1 aromatic heterocycles. The van der Waals surface area contributed by atoms with Crippen LogP contribution in [0, 0.1) is 6.92 Å². The number of nitrogens with zero attached hydrogens (tertiary/aromatic N) is 5. The molecular formula is C30H38N6O3. The Balaban J connectivity index is 1.22. The van der Waals surface area contributed by atoms with Crippen LogP contribution < -0.4 is 29.4 Å². The van der Waals surface area contributed by atoms with Crippen molar-refractivity contribution in [3.63, 3.8) is 0 Å². The molecule has 206 valence electrons. The van der Waals surface area contributed by atoms with Gasteiger partial charge >= 0.3 is 0 Å². The quantitative estimate of drug-likeness (QED) is 0.192. The normalized spacial score (nSPS) is 15.2. The van der Waals surface area contributed by atoms with Crippen molar-refractivity contribution in [3.8, 4) is 17.2 Å². The van der Waals surface area contributed by atoms with E-state index >= 15 is 0 Å². The second-order valence-electron chi connectivity index (χ2n) is 9.77. The fraction of sp³-hybridized carbons (Fsp3) is 0.433. The van der Waals surface area contributed by atoms with Crippen molar-refractivity contribution < 1.29 is 14.2 Å². The van der Waals surface area contributed by atoms with Crippen LogP contribution in [0.15, 0.2) is 53.6 Å². The molecular weight excluding hydrogens is 492 g/mol. The van der Waals surface area contributed by atoms with Crippen LogP contribution in [0.25, 0.3) is 0 Å². The Kier molecular flexibility index (Phi) is 8.98. The highest BCUT2D eigenvalue weighted by molar-refractivity contribution is 5.81. The third kappa shape index (κ3) is 7.10. The molecule has 2 aromatic carbocycles. The number of aromatic nitrogens is 2. The minimum atomic E-state index is 0.413. The van der Waals surface area contributed by atoms with Crippen molar-refractivity contribution in [3.05, 3.63) is 59.7 Å². The smallest absolute Gasteiger partial charge is 0.229 e. The molecule has 1 N–H and O–H groups in total. The fourth-order valence-electron chi connectivity index (χ4n) is 4.83. The Hall–Kier alpha value is -4.01. The average Bonchev–Trinajstić information content (AvgIpc) is 3.68. The standard InChI is InChI=1S/C30H38N6O3/c1-3-37-27-20-24(12-13-26(27)39-19-18-38-25-11-5-4-10-23(25)2)22-31-34-28-21-29(35-14-6-7-15-35)33-30(32-28)36-16-8-9-17-36/h4-5,10-13,20-22H,3,6-9,14-19H2,1-2H3,(H,32,33,34)/b31-22-. The average molecular weight is 531 g/mol. The lowest BCUT2D eigenvalue weighted by Crippen LogP contribution is -2.24. The second-order valence-corrected chi connectivity index (χ2v) is 9.77. The molecule has 0 saturated carbocycles. The zero-order valence-corrected chi connectivity index (χ0v) is 22.9. The minimum absolute atomic E-state index is 0.413. The summed E-state index contributed by atoms with van der Waals surface area (Å²) in [5.74, 6) is 4.66. The summed E-state index contributed by atoms with van der Waals surface area (Å²) in [4.78, 5) is 14.2. The molecule has 5 rings (SSSR count). The second kappa shape index (κ2) is 13.2. The first-order chi connectivity index (χ1) is 19.2. The first-order valence-electron chi connectivity index (χ1n) is 14.0. The monoisotopic (exact) mass is 530 g/mol. The maximum atomic E-state index is 5.97. The van der Waals surface area contributed by atoms with E-state index < -0.39 is 0 Å². The molecule has 0 radical (unpaired) electrons. The van der Waals surface area contributed by atoms with Gasteiger partial charge in [0.1, 0.15) is 24.8 Å². The summed E-state index contributed by atoms with van der Waals surface area (Å²) in [6, 6.07) is 15.7. The van der Waals surface area contributed by atoms with E-state index in [1.54, 1.807) is 6.21 Å². The fourth-order valence-corrected chi connectivity index (χ4v) is 4.83. The van der Waals surface area contributed by atoms with Crippen molar-refractivity contribution in [1.29, 1.82) is 0 Å². The van der Waals surface area contributed by atoms with Crippen LogP contribution in [0.4, 0.5) is 17.6 Å². The van der Waals surface area contributed by atoms with E-state index in [-0.39, 0.29) is 0 Å². The lowest BCUT2D eigenvalue weighted by atomic mass is 10.2. The maximum Gasteiger partial charge on any atom is 0.229 e. The van der Waals surface area contributed by atoms with E-state index in [1.165, 1.54) is 25.7 Å². The van der Waals surface area contributed by atoms with E-state index in [2.05, 4.69) is 20.3 Å². The third-order valence-corrected chi connectivity index (χ3v) is 6.87. The predicted octanol–water partition coefficient (Wildman–Crippen LogP) is 5.29. The van der Waals surface area contributed by atoms with Crippen molar-refractivity contribution in [2.75, 3.05) is 61.2 Å². The molecule has 9 nitrogen and oxygen atoms in total. The Labute approximate surface area is 230 Å². The number of anilines is 3. The van der Waals surface area contributed by atoms with Crippen molar-refractivity contribution in [2.45, 2.75) is 39.5 Å². The van der Waals surface area contributed by atoms with E-state index in [1.807, 2.05) is 62.4 Å². The van der Waals surface area contributed by atoms with Gasteiger partial charge in [-0.3, -0.25) is 5.43 Å². The van der Waals surface area contributed by atoms with Gasteiger partial charge < -0.3 is 24.0 Å². The molecule has 0 bridgehead atoms. The van der Waals surface area contributed by atoms with Crippen LogP contribution in [0.5, 0.6) is 17.2 Å². The zero-order chi connectivity index (χ0) is 26.9. The van der Waals surface area contributed by atoms with E-state index in [4.69, 9.17) is 24.2 Å². The van der Waals surface area contributed by atoms with Crippen molar-refractivity contribution >= 4 is 23.8 Å². The summed E-state index contributed by atoms with van der Waals surface area (Å²) >= 11 is 0. The van der Waals surface area contributed by atoms with Gasteiger partial charge in [0.15, 0.2) is 17.3 Å². The number of hydrazone groups is 1. The molecule has 0 amide bonds. The summed E-state index contributed by atoms with van der Waals surface area (Å²) in [6.07, 6.45) is 6.53. The molecule has 0 spiro atoms.